The van der Waals surface area contributed by atoms with Crippen LogP contribution in [-0.2, 0) is 0 Å². The highest BCUT2D eigenvalue weighted by Gasteiger charge is 2.18. The maximum absolute atomic E-state index is 13.2. The Morgan fingerprint density at radius 2 is 1.85 bits per heavy atom. The number of unbranched alkanes of at least 4 members (excludes halogenated alkanes) is 2. The normalized spacial score (nSPS) is 12.4. The average Bonchev–Trinajstić information content (AvgIpc) is 2.66. The lowest BCUT2D eigenvalue weighted by Crippen LogP contribution is -2.30. The first kappa shape index (κ1) is 18.6. The fraction of sp³-hybridized carbons (Fsp3) is 0.333. The number of hydrogen-bond acceptors (Lipinski definition) is 3. The van der Waals surface area contributed by atoms with Crippen LogP contribution < -0.4 is 10.9 Å². The Morgan fingerprint density at radius 3 is 2.62 bits per heavy atom. The minimum atomic E-state index is -0.0964. The molecule has 3 aromatic rings. The van der Waals surface area contributed by atoms with Crippen molar-refractivity contribution < 1.29 is 0 Å². The zero-order valence-corrected chi connectivity index (χ0v) is 16.0. The Kier molecular flexibility index (Phi) is 6.07. The molecule has 5 heteroatoms. The monoisotopic (exact) mass is 369 g/mol. The van der Waals surface area contributed by atoms with Crippen molar-refractivity contribution in [2.45, 2.75) is 39.2 Å². The molecule has 1 atom stereocenters. The Hall–Kier alpha value is -2.17. The molecule has 0 aliphatic heterocycles. The van der Waals surface area contributed by atoms with Gasteiger partial charge in [-0.25, -0.2) is 4.98 Å². The Balaban J connectivity index is 2.12. The van der Waals surface area contributed by atoms with E-state index in [2.05, 4.69) is 12.2 Å². The van der Waals surface area contributed by atoms with Crippen molar-refractivity contribution in [3.8, 4) is 5.69 Å². The van der Waals surface area contributed by atoms with Crippen molar-refractivity contribution in [1.82, 2.24) is 14.9 Å². The molecule has 0 bridgehead atoms. The van der Waals surface area contributed by atoms with Gasteiger partial charge in [0.1, 0.15) is 5.82 Å². The lowest BCUT2D eigenvalue weighted by molar-refractivity contribution is 0.513. The van der Waals surface area contributed by atoms with Gasteiger partial charge in [0.05, 0.1) is 27.7 Å². The van der Waals surface area contributed by atoms with Gasteiger partial charge in [-0.05, 0) is 44.2 Å². The Labute approximate surface area is 158 Å². The minimum absolute atomic E-state index is 0.0690. The smallest absolute Gasteiger partial charge is 0.266 e. The molecule has 26 heavy (non-hydrogen) atoms. The van der Waals surface area contributed by atoms with Crippen molar-refractivity contribution in [3.05, 3.63) is 69.7 Å². The molecule has 1 aromatic heterocycles. The molecule has 0 amide bonds. The predicted octanol–water partition coefficient (Wildman–Crippen LogP) is 4.88. The molecule has 0 saturated heterocycles. The van der Waals surface area contributed by atoms with E-state index in [-0.39, 0.29) is 11.6 Å². The van der Waals surface area contributed by atoms with E-state index in [1.165, 1.54) is 12.8 Å². The molecule has 0 aliphatic carbocycles. The number of rotatable bonds is 7. The lowest BCUT2D eigenvalue weighted by Gasteiger charge is -2.20. The van der Waals surface area contributed by atoms with Crippen LogP contribution in [-0.4, -0.2) is 16.1 Å². The Bertz CT molecular complexity index is 951. The molecule has 4 nitrogen and oxygen atoms in total. The largest absolute Gasteiger partial charge is 0.308 e. The van der Waals surface area contributed by atoms with E-state index >= 15 is 0 Å². The number of para-hydroxylation sites is 2. The summed E-state index contributed by atoms with van der Waals surface area (Å²) in [4.78, 5) is 18.0. The molecule has 1 N–H and O–H groups in total. The summed E-state index contributed by atoms with van der Waals surface area (Å²) < 4.78 is 1.64. The van der Waals surface area contributed by atoms with Crippen LogP contribution in [0.2, 0.25) is 5.02 Å². The molecule has 1 unspecified atom stereocenters. The second-order valence-electron chi connectivity index (χ2n) is 6.46. The zero-order valence-electron chi connectivity index (χ0n) is 15.2. The van der Waals surface area contributed by atoms with Gasteiger partial charge in [0, 0.05) is 0 Å². The van der Waals surface area contributed by atoms with Crippen LogP contribution in [0.4, 0.5) is 0 Å². The third kappa shape index (κ3) is 3.81. The maximum atomic E-state index is 13.2. The Morgan fingerprint density at radius 1 is 1.12 bits per heavy atom. The number of halogens is 1. The number of benzene rings is 2. The van der Waals surface area contributed by atoms with Gasteiger partial charge in [0.2, 0.25) is 0 Å². The van der Waals surface area contributed by atoms with Crippen molar-refractivity contribution in [2.24, 2.45) is 0 Å². The van der Waals surface area contributed by atoms with Gasteiger partial charge in [0.25, 0.3) is 5.56 Å². The van der Waals surface area contributed by atoms with Gasteiger partial charge in [-0.15, -0.1) is 0 Å². The minimum Gasteiger partial charge on any atom is -0.308 e. The van der Waals surface area contributed by atoms with E-state index in [1.54, 1.807) is 16.7 Å². The molecule has 0 radical (unpaired) electrons. The van der Waals surface area contributed by atoms with E-state index in [4.69, 9.17) is 16.6 Å². The zero-order chi connectivity index (χ0) is 18.5. The highest BCUT2D eigenvalue weighted by atomic mass is 35.5. The molecule has 3 rings (SSSR count). The standard InChI is InChI=1S/C21H24ClN3O/c1-3-4-9-14-23-15(2)20-24-18-12-7-5-10-16(18)21(26)25(20)19-13-8-6-11-17(19)22/h5-8,10-13,15,23H,3-4,9,14H2,1-2H3. The summed E-state index contributed by atoms with van der Waals surface area (Å²) in [6, 6.07) is 14.8. The topological polar surface area (TPSA) is 46.9 Å². The molecular formula is C21H24ClN3O. The van der Waals surface area contributed by atoms with Crippen molar-refractivity contribution in [3.63, 3.8) is 0 Å². The summed E-state index contributed by atoms with van der Waals surface area (Å²) in [6.45, 7) is 5.11. The molecule has 0 saturated carbocycles. The van der Waals surface area contributed by atoms with E-state index < -0.39 is 0 Å². The molecule has 1 heterocycles. The van der Waals surface area contributed by atoms with Gasteiger partial charge in [-0.2, -0.15) is 0 Å². The number of nitrogens with zero attached hydrogens (tertiary/aromatic N) is 2. The van der Waals surface area contributed by atoms with E-state index in [1.807, 2.05) is 43.3 Å². The summed E-state index contributed by atoms with van der Waals surface area (Å²) >= 11 is 6.40. The summed E-state index contributed by atoms with van der Waals surface area (Å²) in [6.07, 6.45) is 3.46. The van der Waals surface area contributed by atoms with Crippen molar-refractivity contribution >= 4 is 22.5 Å². The maximum Gasteiger partial charge on any atom is 0.266 e. The fourth-order valence-corrected chi connectivity index (χ4v) is 3.31. The van der Waals surface area contributed by atoms with Gasteiger partial charge >= 0.3 is 0 Å². The molecule has 136 valence electrons. The first-order chi connectivity index (χ1) is 12.6. The SMILES string of the molecule is CCCCCNC(C)c1nc2ccccc2c(=O)n1-c1ccccc1Cl. The van der Waals surface area contributed by atoms with Crippen LogP contribution in [0.1, 0.15) is 45.0 Å². The van der Waals surface area contributed by atoms with Gasteiger partial charge < -0.3 is 5.32 Å². The van der Waals surface area contributed by atoms with Crippen LogP contribution in [0.3, 0.4) is 0 Å². The van der Waals surface area contributed by atoms with Gasteiger partial charge in [-0.3, -0.25) is 9.36 Å². The summed E-state index contributed by atoms with van der Waals surface area (Å²) in [5.74, 6) is 0.679. The fourth-order valence-electron chi connectivity index (χ4n) is 3.09. The van der Waals surface area contributed by atoms with E-state index in [0.717, 1.165) is 13.0 Å². The number of fused-ring (bicyclic) bond motifs is 1. The number of hydrogen-bond donors (Lipinski definition) is 1. The van der Waals surface area contributed by atoms with Crippen molar-refractivity contribution in [1.29, 1.82) is 0 Å². The molecule has 0 fully saturated rings. The van der Waals surface area contributed by atoms with Crippen LogP contribution in [0.15, 0.2) is 53.3 Å². The third-order valence-corrected chi connectivity index (χ3v) is 4.83. The summed E-state index contributed by atoms with van der Waals surface area (Å²) in [5.41, 5.74) is 1.27. The molecule has 0 spiro atoms. The molecule has 0 aliphatic rings. The first-order valence-corrected chi connectivity index (χ1v) is 9.51. The highest BCUT2D eigenvalue weighted by Crippen LogP contribution is 2.23. The second-order valence-corrected chi connectivity index (χ2v) is 6.87. The number of aromatic nitrogens is 2. The number of nitrogens with one attached hydrogen (secondary N) is 1. The average molecular weight is 370 g/mol. The van der Waals surface area contributed by atoms with Crippen LogP contribution >= 0.6 is 11.6 Å². The summed E-state index contributed by atoms with van der Waals surface area (Å²) in [7, 11) is 0. The van der Waals surface area contributed by atoms with Crippen LogP contribution in [0, 0.1) is 0 Å². The van der Waals surface area contributed by atoms with E-state index in [0.29, 0.717) is 27.4 Å². The van der Waals surface area contributed by atoms with Crippen LogP contribution in [0.5, 0.6) is 0 Å². The third-order valence-electron chi connectivity index (χ3n) is 4.51. The van der Waals surface area contributed by atoms with Gasteiger partial charge in [-0.1, -0.05) is 55.6 Å². The van der Waals surface area contributed by atoms with Crippen LogP contribution in [0.25, 0.3) is 16.6 Å². The summed E-state index contributed by atoms with van der Waals surface area (Å²) in [5, 5.41) is 4.62. The first-order valence-electron chi connectivity index (χ1n) is 9.13. The van der Waals surface area contributed by atoms with Gasteiger partial charge in [0.15, 0.2) is 0 Å². The molecular weight excluding hydrogens is 346 g/mol. The highest BCUT2D eigenvalue weighted by molar-refractivity contribution is 6.32. The molecule has 2 aromatic carbocycles. The lowest BCUT2D eigenvalue weighted by atomic mass is 10.2. The van der Waals surface area contributed by atoms with Crippen molar-refractivity contribution in [2.75, 3.05) is 6.54 Å². The second kappa shape index (κ2) is 8.47. The quantitative estimate of drug-likeness (QED) is 0.604. The van der Waals surface area contributed by atoms with E-state index in [9.17, 15) is 4.79 Å². The predicted molar refractivity (Wildman–Crippen MR) is 108 cm³/mol.